The zero-order chi connectivity index (χ0) is 17.7. The normalized spacial score (nSPS) is 11.9. The Bertz CT molecular complexity index is 1100. The lowest BCUT2D eigenvalue weighted by Gasteiger charge is -2.06. The Morgan fingerprint density at radius 2 is 2.00 bits per heavy atom. The van der Waals surface area contributed by atoms with Crippen molar-refractivity contribution in [1.82, 2.24) is 29.1 Å². The van der Waals surface area contributed by atoms with Gasteiger partial charge in [-0.05, 0) is 37.6 Å². The predicted molar refractivity (Wildman–Crippen MR) is 90.4 cm³/mol. The van der Waals surface area contributed by atoms with Gasteiger partial charge in [-0.3, -0.25) is 0 Å². The van der Waals surface area contributed by atoms with Gasteiger partial charge in [0, 0.05) is 5.56 Å². The molecule has 4 aromatic heterocycles. The Morgan fingerprint density at radius 1 is 1.20 bits per heavy atom. The van der Waals surface area contributed by atoms with Gasteiger partial charge < -0.3 is 4.57 Å². The quantitative estimate of drug-likeness (QED) is 0.535. The molecule has 0 aliphatic carbocycles. The molecule has 0 N–H and O–H groups in total. The van der Waals surface area contributed by atoms with Crippen molar-refractivity contribution in [3.63, 3.8) is 0 Å². The molecule has 2 radical (unpaired) electrons. The number of hydrogen-bond donors (Lipinski definition) is 0. The molecular weight excluding hydrogens is 325 g/mol. The zero-order valence-electron chi connectivity index (χ0n) is 13.6. The number of rotatable bonds is 3. The molecule has 4 heterocycles. The van der Waals surface area contributed by atoms with E-state index in [1.54, 1.807) is 42.8 Å². The maximum absolute atomic E-state index is 12.9. The SMILES string of the molecule is [B]c1cc(-c2ccc3nc(C)n(CC(F)F)c3n2)c2cnc(C)nn12. The van der Waals surface area contributed by atoms with Gasteiger partial charge in [0.15, 0.2) is 5.65 Å². The highest BCUT2D eigenvalue weighted by atomic mass is 19.3. The van der Waals surface area contributed by atoms with Crippen molar-refractivity contribution in [2.24, 2.45) is 0 Å². The molecule has 6 nitrogen and oxygen atoms in total. The number of hydrogen-bond acceptors (Lipinski definition) is 4. The van der Waals surface area contributed by atoms with Crippen LogP contribution in [0.15, 0.2) is 24.4 Å². The first-order chi connectivity index (χ1) is 11.9. The van der Waals surface area contributed by atoms with Crippen LogP contribution < -0.4 is 5.59 Å². The molecule has 4 aromatic rings. The first-order valence-electron chi connectivity index (χ1n) is 7.67. The Morgan fingerprint density at radius 3 is 2.76 bits per heavy atom. The number of fused-ring (bicyclic) bond motifs is 2. The van der Waals surface area contributed by atoms with Crippen LogP contribution in [0.1, 0.15) is 11.6 Å². The molecule has 0 bridgehead atoms. The highest BCUT2D eigenvalue weighted by Crippen LogP contribution is 2.25. The minimum Gasteiger partial charge on any atom is -0.307 e. The third-order valence-corrected chi connectivity index (χ3v) is 4.04. The van der Waals surface area contributed by atoms with Crippen LogP contribution in [0, 0.1) is 13.8 Å². The second-order valence-electron chi connectivity index (χ2n) is 5.79. The smallest absolute Gasteiger partial charge is 0.256 e. The van der Waals surface area contributed by atoms with Crippen LogP contribution in [0.3, 0.4) is 0 Å². The molecule has 0 aromatic carbocycles. The molecule has 9 heteroatoms. The summed E-state index contributed by atoms with van der Waals surface area (Å²) in [4.78, 5) is 13.0. The first-order valence-corrected chi connectivity index (χ1v) is 7.67. The fourth-order valence-electron chi connectivity index (χ4n) is 2.92. The lowest BCUT2D eigenvalue weighted by atomic mass is 10.0. The molecule has 0 saturated carbocycles. The van der Waals surface area contributed by atoms with Crippen LogP contribution in [0.25, 0.3) is 27.9 Å². The Balaban J connectivity index is 1.93. The predicted octanol–water partition coefficient (Wildman–Crippen LogP) is 1.82. The van der Waals surface area contributed by atoms with Crippen LogP contribution in [0.5, 0.6) is 0 Å². The van der Waals surface area contributed by atoms with Gasteiger partial charge in [0.2, 0.25) is 0 Å². The van der Waals surface area contributed by atoms with E-state index in [0.717, 1.165) is 5.56 Å². The maximum Gasteiger partial charge on any atom is 0.256 e. The molecule has 0 fully saturated rings. The second-order valence-corrected chi connectivity index (χ2v) is 5.79. The summed E-state index contributed by atoms with van der Waals surface area (Å²) in [5.41, 5.74) is 3.49. The number of alkyl halides is 2. The van der Waals surface area contributed by atoms with E-state index in [1.165, 1.54) is 4.57 Å². The molecular formula is C16H13BF2N6. The first kappa shape index (κ1) is 15.7. The van der Waals surface area contributed by atoms with Gasteiger partial charge in [0.25, 0.3) is 6.43 Å². The molecule has 0 amide bonds. The Labute approximate surface area is 142 Å². The summed E-state index contributed by atoms with van der Waals surface area (Å²) in [6, 6.07) is 5.30. The molecule has 0 unspecified atom stereocenters. The van der Waals surface area contributed by atoms with Crippen molar-refractivity contribution in [3.8, 4) is 11.3 Å². The van der Waals surface area contributed by atoms with E-state index in [2.05, 4.69) is 20.1 Å². The number of nitrogens with zero attached hydrogens (tertiary/aromatic N) is 6. The molecule has 0 atom stereocenters. The summed E-state index contributed by atoms with van der Waals surface area (Å²) in [6.07, 6.45) is -0.814. The van der Waals surface area contributed by atoms with Crippen molar-refractivity contribution in [1.29, 1.82) is 0 Å². The summed E-state index contributed by atoms with van der Waals surface area (Å²) in [5.74, 6) is 1.09. The van der Waals surface area contributed by atoms with Crippen LogP contribution in [-0.2, 0) is 6.54 Å². The van der Waals surface area contributed by atoms with Crippen molar-refractivity contribution < 1.29 is 8.78 Å². The summed E-state index contributed by atoms with van der Waals surface area (Å²) < 4.78 is 28.7. The van der Waals surface area contributed by atoms with Crippen molar-refractivity contribution in [2.75, 3.05) is 0 Å². The third kappa shape index (κ3) is 2.55. The summed E-state index contributed by atoms with van der Waals surface area (Å²) in [7, 11) is 6.02. The van der Waals surface area contributed by atoms with Gasteiger partial charge in [-0.1, -0.05) is 0 Å². The van der Waals surface area contributed by atoms with Gasteiger partial charge in [-0.25, -0.2) is 28.2 Å². The van der Waals surface area contributed by atoms with Crippen LogP contribution >= 0.6 is 0 Å². The Hall–Kier alpha value is -2.84. The number of imidazole rings is 1. The van der Waals surface area contributed by atoms with E-state index in [-0.39, 0.29) is 0 Å². The van der Waals surface area contributed by atoms with E-state index in [1.807, 2.05) is 0 Å². The van der Waals surface area contributed by atoms with Crippen molar-refractivity contribution in [2.45, 2.75) is 26.8 Å². The minimum absolute atomic E-state index is 0.418. The van der Waals surface area contributed by atoms with Gasteiger partial charge in [-0.2, -0.15) is 5.10 Å². The second kappa shape index (κ2) is 5.61. The molecule has 0 aliphatic heterocycles. The van der Waals surface area contributed by atoms with Crippen molar-refractivity contribution >= 4 is 30.1 Å². The van der Waals surface area contributed by atoms with E-state index >= 15 is 0 Å². The Kier molecular flexibility index (Phi) is 3.52. The third-order valence-electron chi connectivity index (χ3n) is 4.04. The molecule has 124 valence electrons. The topological polar surface area (TPSA) is 60.9 Å². The molecule has 4 rings (SSSR count). The zero-order valence-corrected chi connectivity index (χ0v) is 13.6. The standard InChI is InChI=1S/C16H13BF2N6/c1-8-20-6-13-10(5-14(17)25(13)23-8)11-3-4-12-16(22-11)24(7-15(18)19)9(2)21-12/h3-6,15H,7H2,1-2H3. The minimum atomic E-state index is -2.48. The number of aromatic nitrogens is 6. The van der Waals surface area contributed by atoms with Gasteiger partial charge in [-0.15, -0.1) is 0 Å². The molecule has 0 spiro atoms. The molecule has 25 heavy (non-hydrogen) atoms. The average molecular weight is 338 g/mol. The monoisotopic (exact) mass is 338 g/mol. The fraction of sp³-hybridized carbons (Fsp3) is 0.250. The maximum atomic E-state index is 12.9. The van der Waals surface area contributed by atoms with E-state index < -0.39 is 13.0 Å². The van der Waals surface area contributed by atoms with E-state index in [4.69, 9.17) is 7.85 Å². The van der Waals surface area contributed by atoms with Gasteiger partial charge in [0.05, 0.1) is 24.0 Å². The summed E-state index contributed by atoms with van der Waals surface area (Å²) >= 11 is 0. The van der Waals surface area contributed by atoms with Crippen molar-refractivity contribution in [3.05, 3.63) is 36.0 Å². The number of pyridine rings is 1. The summed E-state index contributed by atoms with van der Waals surface area (Å²) in [5, 5.41) is 4.28. The summed E-state index contributed by atoms with van der Waals surface area (Å²) in [6.45, 7) is 3.01. The van der Waals surface area contributed by atoms with Crippen LogP contribution in [0.4, 0.5) is 8.78 Å². The lowest BCUT2D eigenvalue weighted by Crippen LogP contribution is -2.13. The van der Waals surface area contributed by atoms with E-state index in [0.29, 0.717) is 39.6 Å². The molecule has 0 saturated heterocycles. The largest absolute Gasteiger partial charge is 0.307 e. The lowest BCUT2D eigenvalue weighted by molar-refractivity contribution is 0.127. The van der Waals surface area contributed by atoms with Crippen LogP contribution in [-0.4, -0.2) is 43.4 Å². The van der Waals surface area contributed by atoms with E-state index in [9.17, 15) is 8.78 Å². The average Bonchev–Trinajstić information content (AvgIpc) is 3.04. The fourth-order valence-corrected chi connectivity index (χ4v) is 2.92. The number of aryl methyl sites for hydroxylation is 2. The highest BCUT2D eigenvalue weighted by Gasteiger charge is 2.16. The van der Waals surface area contributed by atoms with Crippen LogP contribution in [0.2, 0.25) is 0 Å². The van der Waals surface area contributed by atoms with Gasteiger partial charge in [0.1, 0.15) is 25.0 Å². The number of halogens is 2. The van der Waals surface area contributed by atoms with Gasteiger partial charge >= 0.3 is 0 Å². The molecule has 0 aliphatic rings. The highest BCUT2D eigenvalue weighted by molar-refractivity contribution is 6.32.